The molecule has 0 radical (unpaired) electrons. The minimum absolute atomic E-state index is 0.0764. The zero-order valence-electron chi connectivity index (χ0n) is 8.42. The third-order valence-corrected chi connectivity index (χ3v) is 0.876. The van der Waals surface area contributed by atoms with E-state index in [2.05, 4.69) is 11.9 Å². The Morgan fingerprint density at radius 2 is 1.77 bits per heavy atom. The first kappa shape index (κ1) is 14.8. The summed E-state index contributed by atoms with van der Waals surface area (Å²) in [6.45, 7) is 11.0. The Kier molecular flexibility index (Phi) is 7.67. The standard InChI is InChI=1S/C8H15NO.HO2P/c1-6(2)7(10)9-8(3,4)5;1-3-2/h1H2,2-5H3,(H,9,10);(H,1,2). The third-order valence-electron chi connectivity index (χ3n) is 0.876. The molecule has 0 aliphatic heterocycles. The predicted molar refractivity (Wildman–Crippen MR) is 52.5 cm³/mol. The van der Waals surface area contributed by atoms with Gasteiger partial charge in [-0.15, -0.1) is 0 Å². The first-order valence-electron chi connectivity index (χ1n) is 3.69. The van der Waals surface area contributed by atoms with E-state index in [9.17, 15) is 4.79 Å². The van der Waals surface area contributed by atoms with Crippen molar-refractivity contribution in [1.82, 2.24) is 5.32 Å². The lowest BCUT2D eigenvalue weighted by atomic mass is 10.1. The topological polar surface area (TPSA) is 66.4 Å². The highest BCUT2D eigenvalue weighted by atomic mass is 31.1. The molecule has 0 rings (SSSR count). The van der Waals surface area contributed by atoms with E-state index < -0.39 is 8.69 Å². The Labute approximate surface area is 80.3 Å². The number of carbonyl (C=O) groups excluding carboxylic acids is 1. The van der Waals surface area contributed by atoms with Crippen LogP contribution in [-0.2, 0) is 9.36 Å². The lowest BCUT2D eigenvalue weighted by Gasteiger charge is -2.20. The summed E-state index contributed by atoms with van der Waals surface area (Å²) in [6.07, 6.45) is 0. The van der Waals surface area contributed by atoms with Crippen LogP contribution in [0.15, 0.2) is 12.2 Å². The Balaban J connectivity index is 0. The molecule has 1 amide bonds. The van der Waals surface area contributed by atoms with Crippen molar-refractivity contribution in [3.8, 4) is 0 Å². The van der Waals surface area contributed by atoms with Crippen molar-refractivity contribution >= 4 is 14.6 Å². The van der Waals surface area contributed by atoms with Crippen LogP contribution < -0.4 is 5.32 Å². The molecule has 0 unspecified atom stereocenters. The summed E-state index contributed by atoms with van der Waals surface area (Å²) in [6, 6.07) is 0. The smallest absolute Gasteiger partial charge is 0.324 e. The van der Waals surface area contributed by atoms with E-state index in [1.165, 1.54) is 0 Å². The van der Waals surface area contributed by atoms with Crippen LogP contribution in [0.5, 0.6) is 0 Å². The Bertz CT molecular complexity index is 196. The summed E-state index contributed by atoms with van der Waals surface area (Å²) in [7, 11) is -0.833. The zero-order valence-corrected chi connectivity index (χ0v) is 9.31. The van der Waals surface area contributed by atoms with Crippen molar-refractivity contribution in [2.45, 2.75) is 33.2 Å². The van der Waals surface area contributed by atoms with Crippen LogP contribution in [0.1, 0.15) is 27.7 Å². The average Bonchev–Trinajstić information content (AvgIpc) is 1.84. The largest absolute Gasteiger partial charge is 0.348 e. The van der Waals surface area contributed by atoms with Crippen molar-refractivity contribution in [3.05, 3.63) is 12.2 Å². The van der Waals surface area contributed by atoms with Crippen LogP contribution in [0.4, 0.5) is 0 Å². The highest BCUT2D eigenvalue weighted by Crippen LogP contribution is 2.00. The summed E-state index contributed by atoms with van der Waals surface area (Å²) in [5, 5.41) is 2.78. The minimum atomic E-state index is -0.833. The van der Waals surface area contributed by atoms with Gasteiger partial charge in [0, 0.05) is 11.1 Å². The fraction of sp³-hybridized carbons (Fsp3) is 0.625. The molecule has 0 atom stereocenters. The van der Waals surface area contributed by atoms with Crippen molar-refractivity contribution in [1.29, 1.82) is 0 Å². The molecule has 0 saturated heterocycles. The lowest BCUT2D eigenvalue weighted by molar-refractivity contribution is -0.118. The Hall–Kier alpha value is -0.730. The van der Waals surface area contributed by atoms with E-state index in [1.807, 2.05) is 20.8 Å². The van der Waals surface area contributed by atoms with E-state index in [0.29, 0.717) is 5.57 Å². The molecular formula is C8H16NO3P. The molecule has 5 heteroatoms. The van der Waals surface area contributed by atoms with Crippen molar-refractivity contribution in [2.75, 3.05) is 0 Å². The van der Waals surface area contributed by atoms with Crippen LogP contribution in [0.25, 0.3) is 0 Å². The molecule has 2 N–H and O–H groups in total. The lowest BCUT2D eigenvalue weighted by Crippen LogP contribution is -2.40. The van der Waals surface area contributed by atoms with Gasteiger partial charge >= 0.3 is 8.69 Å². The fourth-order valence-corrected chi connectivity index (χ4v) is 0.447. The van der Waals surface area contributed by atoms with Gasteiger partial charge in [0.05, 0.1) is 0 Å². The van der Waals surface area contributed by atoms with E-state index >= 15 is 0 Å². The first-order chi connectivity index (χ1) is 5.74. The molecule has 13 heavy (non-hydrogen) atoms. The van der Waals surface area contributed by atoms with Crippen LogP contribution in [-0.4, -0.2) is 16.3 Å². The molecule has 0 heterocycles. The maximum absolute atomic E-state index is 10.9. The van der Waals surface area contributed by atoms with Crippen molar-refractivity contribution in [2.24, 2.45) is 0 Å². The molecule has 0 aromatic heterocycles. The molecule has 0 aromatic carbocycles. The molecular weight excluding hydrogens is 189 g/mol. The normalized spacial score (nSPS) is 9.92. The van der Waals surface area contributed by atoms with Gasteiger partial charge in [0.25, 0.3) is 0 Å². The van der Waals surface area contributed by atoms with E-state index in [0.717, 1.165) is 0 Å². The highest BCUT2D eigenvalue weighted by molar-refractivity contribution is 7.16. The van der Waals surface area contributed by atoms with E-state index in [1.54, 1.807) is 6.92 Å². The quantitative estimate of drug-likeness (QED) is 0.505. The van der Waals surface area contributed by atoms with Gasteiger partial charge in [0.2, 0.25) is 5.91 Å². The van der Waals surface area contributed by atoms with Gasteiger partial charge in [-0.3, -0.25) is 4.79 Å². The van der Waals surface area contributed by atoms with E-state index in [4.69, 9.17) is 9.46 Å². The summed E-state index contributed by atoms with van der Waals surface area (Å²) in [5.74, 6) is -0.0764. The number of hydrogen-bond donors (Lipinski definition) is 2. The molecule has 0 aliphatic carbocycles. The first-order valence-corrected chi connectivity index (χ1v) is 4.46. The maximum Gasteiger partial charge on any atom is 0.324 e. The van der Waals surface area contributed by atoms with Gasteiger partial charge in [0.1, 0.15) is 0 Å². The number of carbonyl (C=O) groups is 1. The zero-order chi connectivity index (χ0) is 11.1. The second kappa shape index (κ2) is 6.75. The second-order valence-corrected chi connectivity index (χ2v) is 3.73. The maximum atomic E-state index is 10.9. The fourth-order valence-electron chi connectivity index (χ4n) is 0.447. The van der Waals surface area contributed by atoms with Gasteiger partial charge in [-0.1, -0.05) is 6.58 Å². The van der Waals surface area contributed by atoms with Crippen LogP contribution in [0, 0.1) is 0 Å². The molecule has 76 valence electrons. The monoisotopic (exact) mass is 205 g/mol. The third kappa shape index (κ3) is 14.2. The van der Waals surface area contributed by atoms with E-state index in [-0.39, 0.29) is 11.4 Å². The summed E-state index contributed by atoms with van der Waals surface area (Å²) >= 11 is 0. The Morgan fingerprint density at radius 3 is 1.85 bits per heavy atom. The van der Waals surface area contributed by atoms with Gasteiger partial charge < -0.3 is 10.2 Å². The predicted octanol–water partition coefficient (Wildman–Crippen LogP) is 1.66. The molecule has 0 spiro atoms. The van der Waals surface area contributed by atoms with Gasteiger partial charge in [0.15, 0.2) is 0 Å². The van der Waals surface area contributed by atoms with Crippen LogP contribution >= 0.6 is 8.69 Å². The average molecular weight is 205 g/mol. The van der Waals surface area contributed by atoms with Crippen LogP contribution in [0.3, 0.4) is 0 Å². The summed E-state index contributed by atoms with van der Waals surface area (Å²) in [5.41, 5.74) is 0.394. The number of hydrogen-bond acceptors (Lipinski definition) is 2. The molecule has 4 nitrogen and oxygen atoms in total. The molecule has 0 aromatic rings. The molecule has 0 saturated carbocycles. The van der Waals surface area contributed by atoms with Gasteiger partial charge in [-0.05, 0) is 27.7 Å². The van der Waals surface area contributed by atoms with Crippen LogP contribution in [0.2, 0.25) is 0 Å². The van der Waals surface area contributed by atoms with Crippen molar-refractivity contribution in [3.63, 3.8) is 0 Å². The minimum Gasteiger partial charge on any atom is -0.348 e. The summed E-state index contributed by atoms with van der Waals surface area (Å²) in [4.78, 5) is 17.9. The molecule has 0 aliphatic rings. The molecule has 0 bridgehead atoms. The Morgan fingerprint density at radius 1 is 1.46 bits per heavy atom. The van der Waals surface area contributed by atoms with Crippen molar-refractivity contribution < 1.29 is 14.3 Å². The number of amides is 1. The number of rotatable bonds is 1. The SMILES string of the molecule is C=C(C)C(=O)NC(C)(C)C.O=PO. The number of nitrogens with one attached hydrogen (secondary N) is 1. The second-order valence-electron chi connectivity index (χ2n) is 3.57. The van der Waals surface area contributed by atoms with Gasteiger partial charge in [-0.2, -0.15) is 0 Å². The molecule has 0 fully saturated rings. The highest BCUT2D eigenvalue weighted by Gasteiger charge is 2.12. The van der Waals surface area contributed by atoms with Gasteiger partial charge in [-0.25, -0.2) is 4.57 Å². The summed E-state index contributed by atoms with van der Waals surface area (Å²) < 4.78 is 8.46.